The van der Waals surface area contributed by atoms with Crippen molar-refractivity contribution in [1.29, 1.82) is 0 Å². The lowest BCUT2D eigenvalue weighted by Crippen LogP contribution is -2.12. The molecule has 0 unspecified atom stereocenters. The van der Waals surface area contributed by atoms with Crippen molar-refractivity contribution >= 4 is 33.8 Å². The van der Waals surface area contributed by atoms with Crippen molar-refractivity contribution in [3.8, 4) is 0 Å². The maximum Gasteiger partial charge on any atom is 0.416 e. The van der Waals surface area contributed by atoms with E-state index in [4.69, 9.17) is 0 Å². The summed E-state index contributed by atoms with van der Waals surface area (Å²) in [5.41, 5.74) is 1.02. The Balaban J connectivity index is 1.77. The molecule has 1 N–H and O–H groups in total. The highest BCUT2D eigenvalue weighted by molar-refractivity contribution is 7.17. The van der Waals surface area contributed by atoms with Gasteiger partial charge >= 0.3 is 6.18 Å². The highest BCUT2D eigenvalue weighted by Gasteiger charge is 2.30. The van der Waals surface area contributed by atoms with E-state index < -0.39 is 17.6 Å². The molecule has 0 saturated carbocycles. The maximum atomic E-state index is 12.6. The molecule has 8 heteroatoms. The van der Waals surface area contributed by atoms with Gasteiger partial charge in [-0.1, -0.05) is 29.5 Å². The van der Waals surface area contributed by atoms with Gasteiger partial charge < -0.3 is 10.2 Å². The van der Waals surface area contributed by atoms with Gasteiger partial charge in [-0.3, -0.25) is 4.79 Å². The average Bonchev–Trinajstić information content (AvgIpc) is 3.03. The summed E-state index contributed by atoms with van der Waals surface area (Å²) in [4.78, 5) is 19.2. The van der Waals surface area contributed by atoms with Gasteiger partial charge in [0.15, 0.2) is 5.13 Å². The third-order valence-electron chi connectivity index (χ3n) is 3.89. The number of amides is 1. The van der Waals surface area contributed by atoms with E-state index in [1.54, 1.807) is 6.92 Å². The van der Waals surface area contributed by atoms with Gasteiger partial charge in [0.2, 0.25) is 0 Å². The van der Waals surface area contributed by atoms with E-state index in [0.29, 0.717) is 21.4 Å². The number of para-hydroxylation sites is 1. The van der Waals surface area contributed by atoms with Crippen molar-refractivity contribution in [2.75, 3.05) is 17.3 Å². The number of halogens is 3. The van der Waals surface area contributed by atoms with Crippen LogP contribution in [-0.4, -0.2) is 17.9 Å². The van der Waals surface area contributed by atoms with Gasteiger partial charge in [-0.25, -0.2) is 4.98 Å². The molecule has 2 aromatic carbocycles. The van der Waals surface area contributed by atoms with Crippen LogP contribution < -0.4 is 10.2 Å². The second-order valence-electron chi connectivity index (χ2n) is 5.83. The molecule has 0 bridgehead atoms. The summed E-state index contributed by atoms with van der Waals surface area (Å²) in [7, 11) is 1.85. The zero-order valence-corrected chi connectivity index (χ0v) is 15.4. The molecule has 0 fully saturated rings. The monoisotopic (exact) mass is 391 g/mol. The van der Waals surface area contributed by atoms with Gasteiger partial charge in [0.1, 0.15) is 4.88 Å². The Hall–Kier alpha value is -2.87. The number of nitrogens with zero attached hydrogens (tertiary/aromatic N) is 2. The number of benzene rings is 2. The van der Waals surface area contributed by atoms with Crippen molar-refractivity contribution < 1.29 is 18.0 Å². The highest BCUT2D eigenvalue weighted by Crippen LogP contribution is 2.32. The molecule has 3 aromatic rings. The van der Waals surface area contributed by atoms with Crippen molar-refractivity contribution in [3.63, 3.8) is 0 Å². The maximum absolute atomic E-state index is 12.6. The summed E-state index contributed by atoms with van der Waals surface area (Å²) in [6, 6.07) is 13.9. The number of hydrogen-bond acceptors (Lipinski definition) is 4. The Kier molecular flexibility index (Phi) is 5.18. The number of carbonyl (C=O) groups is 1. The van der Waals surface area contributed by atoms with E-state index in [9.17, 15) is 18.0 Å². The first kappa shape index (κ1) is 18.9. The number of hydrogen-bond donors (Lipinski definition) is 1. The van der Waals surface area contributed by atoms with E-state index in [-0.39, 0.29) is 0 Å². The summed E-state index contributed by atoms with van der Waals surface area (Å²) < 4.78 is 37.9. The van der Waals surface area contributed by atoms with Gasteiger partial charge in [0.05, 0.1) is 11.3 Å². The van der Waals surface area contributed by atoms with E-state index in [0.717, 1.165) is 17.8 Å². The van der Waals surface area contributed by atoms with Crippen LogP contribution in [0.3, 0.4) is 0 Å². The van der Waals surface area contributed by atoms with Crippen LogP contribution >= 0.6 is 11.3 Å². The van der Waals surface area contributed by atoms with Crippen molar-refractivity contribution in [3.05, 3.63) is 70.7 Å². The molecule has 4 nitrogen and oxygen atoms in total. The van der Waals surface area contributed by atoms with Gasteiger partial charge in [0.25, 0.3) is 5.91 Å². The zero-order chi connectivity index (χ0) is 19.6. The average molecular weight is 391 g/mol. The summed E-state index contributed by atoms with van der Waals surface area (Å²) in [5, 5.41) is 3.26. The van der Waals surface area contributed by atoms with E-state index in [2.05, 4.69) is 10.3 Å². The number of aryl methyl sites for hydroxylation is 1. The van der Waals surface area contributed by atoms with Crippen LogP contribution in [0.4, 0.5) is 29.7 Å². The minimum atomic E-state index is -4.41. The van der Waals surface area contributed by atoms with Crippen LogP contribution in [0.1, 0.15) is 20.9 Å². The minimum absolute atomic E-state index is 0.291. The first-order valence-electron chi connectivity index (χ1n) is 8.00. The van der Waals surface area contributed by atoms with Crippen LogP contribution in [0.15, 0.2) is 54.6 Å². The molecule has 0 radical (unpaired) electrons. The molecule has 1 heterocycles. The second kappa shape index (κ2) is 7.40. The molecule has 3 rings (SSSR count). The van der Waals surface area contributed by atoms with Gasteiger partial charge in [0, 0.05) is 18.4 Å². The van der Waals surface area contributed by atoms with Crippen LogP contribution in [0.5, 0.6) is 0 Å². The topological polar surface area (TPSA) is 45.2 Å². The number of rotatable bonds is 4. The van der Waals surface area contributed by atoms with Gasteiger partial charge in [-0.05, 0) is 43.3 Å². The van der Waals surface area contributed by atoms with Gasteiger partial charge in [-0.2, -0.15) is 13.2 Å². The smallest absolute Gasteiger partial charge is 0.321 e. The molecule has 1 aromatic heterocycles. The second-order valence-corrected chi connectivity index (χ2v) is 6.81. The Morgan fingerprint density at radius 1 is 1.07 bits per heavy atom. The van der Waals surface area contributed by atoms with Crippen molar-refractivity contribution in [2.45, 2.75) is 13.1 Å². The van der Waals surface area contributed by atoms with Gasteiger partial charge in [-0.15, -0.1) is 0 Å². The van der Waals surface area contributed by atoms with Crippen LogP contribution in [0, 0.1) is 6.92 Å². The SMILES string of the molecule is Cc1nc(N(C)c2ccccc2)sc1C(=O)Nc1ccc(C(F)(F)F)cc1. The number of aromatic nitrogens is 1. The number of alkyl halides is 3. The van der Waals surface area contributed by atoms with E-state index in [1.165, 1.54) is 23.5 Å². The fourth-order valence-corrected chi connectivity index (χ4v) is 3.37. The van der Waals surface area contributed by atoms with Crippen LogP contribution in [0.25, 0.3) is 0 Å². The standard InChI is InChI=1S/C19H16F3N3OS/c1-12-16(27-18(23-12)25(2)15-6-4-3-5-7-15)17(26)24-14-10-8-13(9-11-14)19(20,21)22/h3-11H,1-2H3,(H,24,26). The number of thiazole rings is 1. The first-order valence-corrected chi connectivity index (χ1v) is 8.82. The molecule has 0 aliphatic carbocycles. The van der Waals surface area contributed by atoms with E-state index >= 15 is 0 Å². The third kappa shape index (κ3) is 4.28. The summed E-state index contributed by atoms with van der Waals surface area (Å²) >= 11 is 1.22. The molecule has 0 saturated heterocycles. The van der Waals surface area contributed by atoms with Crippen molar-refractivity contribution in [1.82, 2.24) is 4.98 Å². The summed E-state index contributed by atoms with van der Waals surface area (Å²) in [5.74, 6) is -0.405. The Bertz CT molecular complexity index is 937. The molecule has 0 atom stereocenters. The van der Waals surface area contributed by atoms with Crippen LogP contribution in [-0.2, 0) is 6.18 Å². The Morgan fingerprint density at radius 3 is 2.30 bits per heavy atom. The first-order chi connectivity index (χ1) is 12.8. The molecule has 1 amide bonds. The molecule has 0 aliphatic rings. The molecular weight excluding hydrogens is 375 g/mol. The quantitative estimate of drug-likeness (QED) is 0.640. The fourth-order valence-electron chi connectivity index (χ4n) is 2.43. The fraction of sp³-hybridized carbons (Fsp3) is 0.158. The lowest BCUT2D eigenvalue weighted by Gasteiger charge is -2.15. The third-order valence-corrected chi connectivity index (χ3v) is 5.12. The highest BCUT2D eigenvalue weighted by atomic mass is 32.1. The Labute approximate surface area is 158 Å². The largest absolute Gasteiger partial charge is 0.416 e. The molecular formula is C19H16F3N3OS. The van der Waals surface area contributed by atoms with Crippen molar-refractivity contribution in [2.24, 2.45) is 0 Å². The minimum Gasteiger partial charge on any atom is -0.321 e. The Morgan fingerprint density at radius 2 is 1.70 bits per heavy atom. The number of anilines is 3. The predicted octanol–water partition coefficient (Wildman–Crippen LogP) is 5.49. The molecule has 140 valence electrons. The number of nitrogens with one attached hydrogen (secondary N) is 1. The van der Waals surface area contributed by atoms with Crippen LogP contribution in [0.2, 0.25) is 0 Å². The number of carbonyl (C=O) groups excluding carboxylic acids is 1. The lowest BCUT2D eigenvalue weighted by molar-refractivity contribution is -0.137. The molecule has 0 spiro atoms. The lowest BCUT2D eigenvalue weighted by atomic mass is 10.2. The normalized spacial score (nSPS) is 11.3. The zero-order valence-electron chi connectivity index (χ0n) is 14.5. The molecule has 0 aliphatic heterocycles. The van der Waals surface area contributed by atoms with E-state index in [1.807, 2.05) is 42.3 Å². The summed E-state index contributed by atoms with van der Waals surface area (Å²) in [6.07, 6.45) is -4.41. The summed E-state index contributed by atoms with van der Waals surface area (Å²) in [6.45, 7) is 1.72. The predicted molar refractivity (Wildman–Crippen MR) is 101 cm³/mol. The molecule has 27 heavy (non-hydrogen) atoms.